The number of hydrogen-bond acceptors (Lipinski definition) is 7. The number of carbonyl (C=O) groups is 1. The molecule has 1 atom stereocenters. The average Bonchev–Trinajstić information content (AvgIpc) is 3.23. The Morgan fingerprint density at radius 3 is 2.54 bits per heavy atom. The highest BCUT2D eigenvalue weighted by atomic mass is 16.3. The summed E-state index contributed by atoms with van der Waals surface area (Å²) >= 11 is 0. The number of aliphatic hydroxyl groups is 1. The number of hydrogen-bond donors (Lipinski definition) is 1. The van der Waals surface area contributed by atoms with Crippen molar-refractivity contribution >= 4 is 11.7 Å². The zero-order valence-corrected chi connectivity index (χ0v) is 14.6. The van der Waals surface area contributed by atoms with E-state index >= 15 is 0 Å². The van der Waals surface area contributed by atoms with Crippen molar-refractivity contribution in [3.8, 4) is 5.82 Å². The second-order valence-electron chi connectivity index (χ2n) is 6.93. The van der Waals surface area contributed by atoms with Gasteiger partial charge in [0.15, 0.2) is 11.6 Å². The van der Waals surface area contributed by atoms with E-state index in [9.17, 15) is 9.90 Å². The molecule has 0 aromatic carbocycles. The van der Waals surface area contributed by atoms with Crippen LogP contribution >= 0.6 is 0 Å². The molecule has 4 heterocycles. The predicted molar refractivity (Wildman–Crippen MR) is 93.7 cm³/mol. The van der Waals surface area contributed by atoms with E-state index < -0.39 is 0 Å². The molecule has 2 aromatic rings. The quantitative estimate of drug-likeness (QED) is 0.841. The summed E-state index contributed by atoms with van der Waals surface area (Å²) in [7, 11) is 0. The third-order valence-electron chi connectivity index (χ3n) is 5.16. The summed E-state index contributed by atoms with van der Waals surface area (Å²) in [6.45, 7) is 2.85. The fraction of sp³-hybridized carbons (Fsp3) is 0.588. The lowest BCUT2D eigenvalue weighted by molar-refractivity contribution is -0.137. The Kier molecular flexibility index (Phi) is 4.79. The molecule has 0 aliphatic carbocycles. The Balaban J connectivity index is 1.41. The average molecular weight is 357 g/mol. The number of amides is 1. The number of piperidine rings is 2. The van der Waals surface area contributed by atoms with Crippen molar-refractivity contribution in [3.05, 3.63) is 24.8 Å². The van der Waals surface area contributed by atoms with Gasteiger partial charge < -0.3 is 14.9 Å². The Bertz CT molecular complexity index is 726. The molecule has 138 valence electrons. The first-order valence-electron chi connectivity index (χ1n) is 9.11. The van der Waals surface area contributed by atoms with Crippen LogP contribution in [0.4, 0.5) is 5.82 Å². The van der Waals surface area contributed by atoms with Crippen molar-refractivity contribution < 1.29 is 9.90 Å². The first kappa shape index (κ1) is 16.9. The lowest BCUT2D eigenvalue weighted by atomic mass is 9.95. The van der Waals surface area contributed by atoms with Gasteiger partial charge in [-0.15, -0.1) is 10.2 Å². The molecule has 0 spiro atoms. The second-order valence-corrected chi connectivity index (χ2v) is 6.93. The van der Waals surface area contributed by atoms with Crippen molar-refractivity contribution in [1.82, 2.24) is 29.9 Å². The number of anilines is 1. The summed E-state index contributed by atoms with van der Waals surface area (Å²) in [6.07, 6.45) is 5.98. The Morgan fingerprint density at radius 1 is 1.08 bits per heavy atom. The minimum Gasteiger partial charge on any atom is -0.393 e. The molecule has 0 bridgehead atoms. The molecule has 9 nitrogen and oxygen atoms in total. The van der Waals surface area contributed by atoms with E-state index in [1.54, 1.807) is 11.0 Å². The monoisotopic (exact) mass is 357 g/mol. The van der Waals surface area contributed by atoms with Crippen LogP contribution < -0.4 is 4.90 Å². The van der Waals surface area contributed by atoms with Gasteiger partial charge in [-0.3, -0.25) is 4.79 Å². The molecule has 2 saturated heterocycles. The van der Waals surface area contributed by atoms with Gasteiger partial charge in [0, 0.05) is 26.2 Å². The maximum Gasteiger partial charge on any atom is 0.227 e. The van der Waals surface area contributed by atoms with Crippen LogP contribution in [0.5, 0.6) is 0 Å². The van der Waals surface area contributed by atoms with E-state index in [1.165, 1.54) is 6.33 Å². The minimum atomic E-state index is -0.263. The maximum absolute atomic E-state index is 12.8. The number of rotatable bonds is 3. The fourth-order valence-corrected chi connectivity index (χ4v) is 3.67. The normalized spacial score (nSPS) is 21.8. The van der Waals surface area contributed by atoms with Gasteiger partial charge in [0.2, 0.25) is 5.91 Å². The second kappa shape index (κ2) is 7.36. The summed E-state index contributed by atoms with van der Waals surface area (Å²) in [5.74, 6) is 1.58. The van der Waals surface area contributed by atoms with Gasteiger partial charge in [-0.05, 0) is 37.8 Å². The molecule has 4 rings (SSSR count). The smallest absolute Gasteiger partial charge is 0.227 e. The van der Waals surface area contributed by atoms with E-state index in [1.807, 2.05) is 17.0 Å². The number of nitrogens with zero attached hydrogens (tertiary/aromatic N) is 7. The van der Waals surface area contributed by atoms with Gasteiger partial charge in [-0.1, -0.05) is 0 Å². The van der Waals surface area contributed by atoms with Crippen molar-refractivity contribution in [3.63, 3.8) is 0 Å². The molecule has 2 aliphatic rings. The fourth-order valence-electron chi connectivity index (χ4n) is 3.67. The van der Waals surface area contributed by atoms with Gasteiger partial charge in [0.25, 0.3) is 0 Å². The van der Waals surface area contributed by atoms with Crippen LogP contribution in [-0.4, -0.2) is 73.2 Å². The number of aliphatic hydroxyl groups excluding tert-OH is 1. The van der Waals surface area contributed by atoms with E-state index in [-0.39, 0.29) is 17.9 Å². The van der Waals surface area contributed by atoms with Crippen LogP contribution in [0.2, 0.25) is 0 Å². The Labute approximate surface area is 151 Å². The SMILES string of the molecule is O=C(C1CCCN(c2ccc(-n3cncn3)nn2)C1)N1CCC(O)CC1. The highest BCUT2D eigenvalue weighted by molar-refractivity contribution is 5.79. The minimum absolute atomic E-state index is 0.0178. The van der Waals surface area contributed by atoms with Gasteiger partial charge >= 0.3 is 0 Å². The van der Waals surface area contributed by atoms with Crippen LogP contribution in [0.3, 0.4) is 0 Å². The number of aromatic nitrogens is 5. The van der Waals surface area contributed by atoms with Gasteiger partial charge in [-0.2, -0.15) is 5.10 Å². The molecule has 2 aliphatic heterocycles. The lowest BCUT2D eigenvalue weighted by Gasteiger charge is -2.37. The summed E-state index contributed by atoms with van der Waals surface area (Å²) in [5, 5.41) is 22.2. The molecular weight excluding hydrogens is 334 g/mol. The highest BCUT2D eigenvalue weighted by Gasteiger charge is 2.31. The first-order chi connectivity index (χ1) is 12.7. The van der Waals surface area contributed by atoms with E-state index in [0.717, 1.165) is 25.2 Å². The highest BCUT2D eigenvalue weighted by Crippen LogP contribution is 2.24. The third-order valence-corrected chi connectivity index (χ3v) is 5.16. The van der Waals surface area contributed by atoms with Gasteiger partial charge in [0.1, 0.15) is 12.7 Å². The molecule has 0 saturated carbocycles. The summed E-state index contributed by atoms with van der Waals surface area (Å²) in [6, 6.07) is 3.77. The molecule has 1 amide bonds. The van der Waals surface area contributed by atoms with E-state index in [4.69, 9.17) is 0 Å². The molecule has 9 heteroatoms. The topological polar surface area (TPSA) is 100 Å². The van der Waals surface area contributed by atoms with Crippen molar-refractivity contribution in [2.45, 2.75) is 31.8 Å². The first-order valence-corrected chi connectivity index (χ1v) is 9.11. The van der Waals surface area contributed by atoms with Crippen molar-refractivity contribution in [2.24, 2.45) is 5.92 Å². The number of likely N-dealkylation sites (tertiary alicyclic amines) is 1. The summed E-state index contributed by atoms with van der Waals surface area (Å²) in [4.78, 5) is 20.7. The third kappa shape index (κ3) is 3.52. The standard InChI is InChI=1S/C17H23N7O2/c25-14-5-8-22(9-6-14)17(26)13-2-1-7-23(10-13)15-3-4-16(21-20-15)24-12-18-11-19-24/h3-4,11-14,25H,1-2,5-10H2. The molecule has 0 radical (unpaired) electrons. The summed E-state index contributed by atoms with van der Waals surface area (Å²) in [5.41, 5.74) is 0. The van der Waals surface area contributed by atoms with Crippen LogP contribution in [-0.2, 0) is 4.79 Å². The zero-order chi connectivity index (χ0) is 17.9. The lowest BCUT2D eigenvalue weighted by Crippen LogP contribution is -2.48. The Morgan fingerprint density at radius 2 is 1.85 bits per heavy atom. The van der Waals surface area contributed by atoms with Crippen LogP contribution in [0.25, 0.3) is 5.82 Å². The van der Waals surface area contributed by atoms with Crippen molar-refractivity contribution in [1.29, 1.82) is 0 Å². The van der Waals surface area contributed by atoms with Gasteiger partial charge in [0.05, 0.1) is 12.0 Å². The summed E-state index contributed by atoms with van der Waals surface area (Å²) < 4.78 is 1.56. The van der Waals surface area contributed by atoms with Crippen molar-refractivity contribution in [2.75, 3.05) is 31.1 Å². The molecule has 26 heavy (non-hydrogen) atoms. The maximum atomic E-state index is 12.8. The van der Waals surface area contributed by atoms with Crippen LogP contribution in [0.1, 0.15) is 25.7 Å². The number of carbonyl (C=O) groups excluding carboxylic acids is 1. The molecule has 1 N–H and O–H groups in total. The predicted octanol–water partition coefficient (Wildman–Crippen LogP) is 0.257. The molecular formula is C17H23N7O2. The van der Waals surface area contributed by atoms with Crippen LogP contribution in [0, 0.1) is 5.92 Å². The van der Waals surface area contributed by atoms with E-state index in [2.05, 4.69) is 25.2 Å². The molecule has 2 aromatic heterocycles. The van der Waals surface area contributed by atoms with Crippen LogP contribution in [0.15, 0.2) is 24.8 Å². The Hall–Kier alpha value is -2.55. The largest absolute Gasteiger partial charge is 0.393 e. The zero-order valence-electron chi connectivity index (χ0n) is 14.6. The molecule has 1 unspecified atom stereocenters. The molecule has 2 fully saturated rings. The van der Waals surface area contributed by atoms with Gasteiger partial charge in [-0.25, -0.2) is 9.67 Å². The van der Waals surface area contributed by atoms with E-state index in [0.29, 0.717) is 38.3 Å².